The fourth-order valence-electron chi connectivity index (χ4n) is 1.66. The second-order valence-corrected chi connectivity index (χ2v) is 3.44. The number of ether oxygens (including phenoxy) is 1. The zero-order valence-corrected chi connectivity index (χ0v) is 8.74. The van der Waals surface area contributed by atoms with E-state index in [1.807, 2.05) is 0 Å². The van der Waals surface area contributed by atoms with Gasteiger partial charge in [-0.15, -0.1) is 0 Å². The van der Waals surface area contributed by atoms with E-state index in [9.17, 15) is 4.79 Å². The minimum atomic E-state index is -0.711. The number of fused-ring (bicyclic) bond motifs is 3. The van der Waals surface area contributed by atoms with Gasteiger partial charge in [0, 0.05) is 39.3 Å². The number of hydrogen-bond donors (Lipinski definition) is 1. The van der Waals surface area contributed by atoms with Gasteiger partial charge in [-0.1, -0.05) is 0 Å². The maximum absolute atomic E-state index is 9.60. The lowest BCUT2D eigenvalue weighted by atomic mass is 10.2. The second-order valence-electron chi connectivity index (χ2n) is 3.44. The van der Waals surface area contributed by atoms with Crippen molar-refractivity contribution in [3.05, 3.63) is 0 Å². The lowest BCUT2D eigenvalue weighted by Gasteiger charge is -2.41. The monoisotopic (exact) mass is 201 g/mol. The molecule has 0 spiro atoms. The zero-order valence-electron chi connectivity index (χ0n) is 8.74. The van der Waals surface area contributed by atoms with Gasteiger partial charge in [0.25, 0.3) is 0 Å². The summed E-state index contributed by atoms with van der Waals surface area (Å²) in [7, 11) is 0. The van der Waals surface area contributed by atoms with E-state index in [-0.39, 0.29) is 0 Å². The van der Waals surface area contributed by atoms with Crippen LogP contribution in [0, 0.1) is 0 Å². The number of amides is 1. The molecule has 5 nitrogen and oxygen atoms in total. The number of piperazine rings is 3. The zero-order chi connectivity index (χ0) is 10.4. The number of nitrogens with two attached hydrogens (primary N) is 1. The fraction of sp³-hybridized carbons (Fsp3) is 0.889. The van der Waals surface area contributed by atoms with Gasteiger partial charge >= 0.3 is 6.09 Å². The highest BCUT2D eigenvalue weighted by atomic mass is 16.5. The highest BCUT2D eigenvalue weighted by Crippen LogP contribution is 2.06. The van der Waals surface area contributed by atoms with Crippen LogP contribution < -0.4 is 5.73 Å². The molecule has 0 atom stereocenters. The van der Waals surface area contributed by atoms with Gasteiger partial charge in [-0.25, -0.2) is 4.79 Å². The first-order chi connectivity index (χ1) is 6.72. The van der Waals surface area contributed by atoms with Crippen LogP contribution in [0.4, 0.5) is 4.79 Å². The van der Waals surface area contributed by atoms with Crippen molar-refractivity contribution in [2.24, 2.45) is 5.73 Å². The molecule has 1 amide bonds. The van der Waals surface area contributed by atoms with Crippen LogP contribution in [-0.4, -0.2) is 61.8 Å². The van der Waals surface area contributed by atoms with Gasteiger partial charge in [0.05, 0.1) is 6.61 Å². The quantitative estimate of drug-likeness (QED) is 0.634. The Kier molecular flexibility index (Phi) is 4.69. The Labute approximate surface area is 84.8 Å². The van der Waals surface area contributed by atoms with E-state index in [1.54, 1.807) is 6.92 Å². The van der Waals surface area contributed by atoms with Gasteiger partial charge < -0.3 is 10.5 Å². The first kappa shape index (κ1) is 11.3. The molecule has 0 aromatic rings. The molecule has 3 heterocycles. The Morgan fingerprint density at radius 2 is 1.50 bits per heavy atom. The van der Waals surface area contributed by atoms with Crippen LogP contribution in [-0.2, 0) is 4.74 Å². The van der Waals surface area contributed by atoms with Crippen LogP contribution in [0.5, 0.6) is 0 Å². The summed E-state index contributed by atoms with van der Waals surface area (Å²) in [5, 5.41) is 0. The highest BCUT2D eigenvalue weighted by Gasteiger charge is 2.21. The standard InChI is InChI=1S/C6H12N2.C3H7NO2/c1-2-8-5-3-7(1)4-6-8;1-2-6-3(4)5/h1-6H2;2H2,1H3,(H2,4,5). The van der Waals surface area contributed by atoms with Crippen LogP contribution in [0.1, 0.15) is 6.92 Å². The van der Waals surface area contributed by atoms with Gasteiger partial charge in [-0.2, -0.15) is 0 Å². The molecule has 2 bridgehead atoms. The number of rotatable bonds is 1. The van der Waals surface area contributed by atoms with E-state index in [1.165, 1.54) is 39.3 Å². The summed E-state index contributed by atoms with van der Waals surface area (Å²) in [4.78, 5) is 14.7. The summed E-state index contributed by atoms with van der Waals surface area (Å²) in [6.45, 7) is 9.97. The Bertz CT molecular complexity index is 156. The summed E-state index contributed by atoms with van der Waals surface area (Å²) < 4.78 is 4.18. The average Bonchev–Trinajstić information content (AvgIpc) is 2.21. The van der Waals surface area contributed by atoms with Gasteiger partial charge in [-0.3, -0.25) is 9.80 Å². The molecular weight excluding hydrogens is 182 g/mol. The molecule has 0 aromatic carbocycles. The van der Waals surface area contributed by atoms with Crippen LogP contribution in [0.15, 0.2) is 0 Å². The van der Waals surface area contributed by atoms with Crippen LogP contribution in [0.25, 0.3) is 0 Å². The van der Waals surface area contributed by atoms with E-state index in [0.29, 0.717) is 6.61 Å². The third kappa shape index (κ3) is 3.93. The molecule has 3 rings (SSSR count). The van der Waals surface area contributed by atoms with Crippen LogP contribution in [0.2, 0.25) is 0 Å². The minimum Gasteiger partial charge on any atom is -0.450 e. The van der Waals surface area contributed by atoms with Crippen molar-refractivity contribution in [3.8, 4) is 0 Å². The Hall–Kier alpha value is -0.810. The second kappa shape index (κ2) is 5.82. The normalized spacial score (nSPS) is 28.9. The first-order valence-corrected chi connectivity index (χ1v) is 5.09. The third-order valence-electron chi connectivity index (χ3n) is 2.48. The molecular formula is C9H19N3O2. The van der Waals surface area contributed by atoms with E-state index in [0.717, 1.165) is 0 Å². The summed E-state index contributed by atoms with van der Waals surface area (Å²) in [5.74, 6) is 0. The number of hydrogen-bond acceptors (Lipinski definition) is 4. The Morgan fingerprint density at radius 1 is 1.14 bits per heavy atom. The molecule has 3 aliphatic rings. The van der Waals surface area contributed by atoms with Gasteiger partial charge in [0.2, 0.25) is 0 Å². The summed E-state index contributed by atoms with van der Waals surface area (Å²) in [6.07, 6.45) is -0.711. The van der Waals surface area contributed by atoms with Crippen molar-refractivity contribution in [2.45, 2.75) is 6.92 Å². The molecule has 3 fully saturated rings. The SMILES string of the molecule is C1CN2CCN1CC2.CCOC(N)=O. The Balaban J connectivity index is 0.000000149. The van der Waals surface area contributed by atoms with Crippen molar-refractivity contribution >= 4 is 6.09 Å². The van der Waals surface area contributed by atoms with Crippen molar-refractivity contribution in [1.29, 1.82) is 0 Å². The smallest absolute Gasteiger partial charge is 0.404 e. The molecule has 14 heavy (non-hydrogen) atoms. The number of nitrogens with zero attached hydrogens (tertiary/aromatic N) is 2. The van der Waals surface area contributed by atoms with E-state index in [4.69, 9.17) is 0 Å². The molecule has 0 radical (unpaired) electrons. The van der Waals surface area contributed by atoms with Crippen LogP contribution in [0.3, 0.4) is 0 Å². The molecule has 0 saturated carbocycles. The average molecular weight is 201 g/mol. The first-order valence-electron chi connectivity index (χ1n) is 5.09. The van der Waals surface area contributed by atoms with Crippen LogP contribution >= 0.6 is 0 Å². The summed E-state index contributed by atoms with van der Waals surface area (Å²) in [6, 6.07) is 0. The third-order valence-corrected chi connectivity index (χ3v) is 2.48. The lowest BCUT2D eigenvalue weighted by Crippen LogP contribution is -2.55. The van der Waals surface area contributed by atoms with Crippen molar-refractivity contribution in [3.63, 3.8) is 0 Å². The fourth-order valence-corrected chi connectivity index (χ4v) is 1.66. The molecule has 0 unspecified atom stereocenters. The molecule has 0 aromatic heterocycles. The van der Waals surface area contributed by atoms with Crippen molar-refractivity contribution < 1.29 is 9.53 Å². The maximum atomic E-state index is 9.60. The molecule has 5 heteroatoms. The van der Waals surface area contributed by atoms with E-state index < -0.39 is 6.09 Å². The highest BCUT2D eigenvalue weighted by molar-refractivity contribution is 5.64. The number of primary amides is 1. The lowest BCUT2D eigenvalue weighted by molar-refractivity contribution is 0.0647. The van der Waals surface area contributed by atoms with Gasteiger partial charge in [0.1, 0.15) is 0 Å². The number of carbonyl (C=O) groups is 1. The minimum absolute atomic E-state index is 0.356. The van der Waals surface area contributed by atoms with Crippen molar-refractivity contribution in [1.82, 2.24) is 9.80 Å². The molecule has 2 N–H and O–H groups in total. The Morgan fingerprint density at radius 3 is 1.57 bits per heavy atom. The number of carbonyl (C=O) groups excluding carboxylic acids is 1. The van der Waals surface area contributed by atoms with E-state index in [2.05, 4.69) is 20.3 Å². The van der Waals surface area contributed by atoms with Gasteiger partial charge in [0.15, 0.2) is 0 Å². The largest absolute Gasteiger partial charge is 0.450 e. The predicted molar refractivity (Wildman–Crippen MR) is 54.1 cm³/mol. The predicted octanol–water partition coefficient (Wildman–Crippen LogP) is -0.281. The summed E-state index contributed by atoms with van der Waals surface area (Å²) in [5.41, 5.74) is 4.54. The van der Waals surface area contributed by atoms with Gasteiger partial charge in [-0.05, 0) is 6.92 Å². The topological polar surface area (TPSA) is 58.8 Å². The van der Waals surface area contributed by atoms with E-state index >= 15 is 0 Å². The molecule has 0 aliphatic carbocycles. The summed E-state index contributed by atoms with van der Waals surface area (Å²) >= 11 is 0. The molecule has 82 valence electrons. The molecule has 3 saturated heterocycles. The molecule has 3 aliphatic heterocycles. The maximum Gasteiger partial charge on any atom is 0.404 e. The van der Waals surface area contributed by atoms with Crippen molar-refractivity contribution in [2.75, 3.05) is 45.9 Å².